The molecule has 0 spiro atoms. The first-order valence-electron chi connectivity index (χ1n) is 9.99. The van der Waals surface area contributed by atoms with Crippen molar-refractivity contribution in [2.75, 3.05) is 0 Å². The average Bonchev–Trinajstić information content (AvgIpc) is 2.77. The van der Waals surface area contributed by atoms with Crippen molar-refractivity contribution in [3.05, 3.63) is 48.2 Å². The van der Waals surface area contributed by atoms with Crippen molar-refractivity contribution >= 4 is 5.90 Å². The van der Waals surface area contributed by atoms with Crippen LogP contribution in [0.5, 0.6) is 0 Å². The molecule has 1 heterocycles. The van der Waals surface area contributed by atoms with Crippen molar-refractivity contribution < 1.29 is 4.74 Å². The van der Waals surface area contributed by atoms with Crippen LogP contribution in [-0.2, 0) is 4.74 Å². The number of benzene rings is 1. The van der Waals surface area contributed by atoms with Crippen LogP contribution in [0.4, 0.5) is 0 Å². The molecule has 0 amide bonds. The van der Waals surface area contributed by atoms with Gasteiger partial charge in [0.1, 0.15) is 6.10 Å². The van der Waals surface area contributed by atoms with Gasteiger partial charge < -0.3 is 4.74 Å². The lowest BCUT2D eigenvalue weighted by molar-refractivity contribution is 0.0342. The minimum Gasteiger partial charge on any atom is -0.477 e. The number of hydrogen-bond acceptors (Lipinski definition) is 2. The summed E-state index contributed by atoms with van der Waals surface area (Å²) < 4.78 is 6.56. The summed E-state index contributed by atoms with van der Waals surface area (Å²) in [7, 11) is 0. The minimum atomic E-state index is 0.320. The molecular weight excluding hydrogens is 306 g/mol. The molecule has 1 fully saturated rings. The van der Waals surface area contributed by atoms with E-state index in [1.165, 1.54) is 18.4 Å². The highest BCUT2D eigenvalue weighted by Crippen LogP contribution is 2.37. The summed E-state index contributed by atoms with van der Waals surface area (Å²) in [5.41, 5.74) is 1.38. The predicted molar refractivity (Wildman–Crippen MR) is 106 cm³/mol. The molecule has 1 aromatic carbocycles. The summed E-state index contributed by atoms with van der Waals surface area (Å²) in [6.07, 6.45) is 9.17. The van der Waals surface area contributed by atoms with E-state index < -0.39 is 0 Å². The van der Waals surface area contributed by atoms with Gasteiger partial charge >= 0.3 is 0 Å². The second-order valence-corrected chi connectivity index (χ2v) is 8.43. The summed E-state index contributed by atoms with van der Waals surface area (Å²) in [5, 5.41) is 0. The zero-order valence-corrected chi connectivity index (χ0v) is 16.2. The smallest absolute Gasteiger partial charge is 0.188 e. The molecule has 25 heavy (non-hydrogen) atoms. The molecule has 0 unspecified atom stereocenters. The number of ether oxygens (including phenoxy) is 1. The van der Waals surface area contributed by atoms with Gasteiger partial charge in [-0.1, -0.05) is 70.5 Å². The van der Waals surface area contributed by atoms with Crippen LogP contribution in [0.2, 0.25) is 0 Å². The van der Waals surface area contributed by atoms with Gasteiger partial charge in [0.15, 0.2) is 5.90 Å². The van der Waals surface area contributed by atoms with Crippen LogP contribution in [0, 0.1) is 23.7 Å². The first kappa shape index (κ1) is 18.2. The number of nitrogens with zero attached hydrogens (tertiary/aromatic N) is 1. The van der Waals surface area contributed by atoms with Crippen LogP contribution >= 0.6 is 0 Å². The molecule has 136 valence electrons. The Morgan fingerprint density at radius 1 is 1.08 bits per heavy atom. The molecule has 5 atom stereocenters. The van der Waals surface area contributed by atoms with Crippen molar-refractivity contribution in [2.45, 2.75) is 65.4 Å². The Balaban J connectivity index is 1.75. The Kier molecular flexibility index (Phi) is 5.98. The maximum absolute atomic E-state index is 6.56. The molecule has 2 nitrogen and oxygen atoms in total. The molecule has 0 N–H and O–H groups in total. The zero-order valence-electron chi connectivity index (χ0n) is 16.2. The highest BCUT2D eigenvalue weighted by Gasteiger charge is 2.34. The van der Waals surface area contributed by atoms with Crippen LogP contribution in [0.25, 0.3) is 0 Å². The van der Waals surface area contributed by atoms with Crippen molar-refractivity contribution in [3.63, 3.8) is 0 Å². The van der Waals surface area contributed by atoms with Crippen molar-refractivity contribution in [1.29, 1.82) is 0 Å². The average molecular weight is 340 g/mol. The topological polar surface area (TPSA) is 21.6 Å². The normalized spacial score (nSPS) is 33.0. The highest BCUT2D eigenvalue weighted by molar-refractivity contribution is 5.78. The third-order valence-electron chi connectivity index (χ3n) is 6.11. The van der Waals surface area contributed by atoms with Crippen LogP contribution in [0.3, 0.4) is 0 Å². The Morgan fingerprint density at radius 3 is 2.56 bits per heavy atom. The first-order chi connectivity index (χ1) is 12.0. The second kappa shape index (κ2) is 8.21. The fourth-order valence-corrected chi connectivity index (χ4v) is 4.45. The molecule has 0 radical (unpaired) electrons. The van der Waals surface area contributed by atoms with Gasteiger partial charge in [-0.05, 0) is 48.0 Å². The molecule has 1 aromatic rings. The summed E-state index contributed by atoms with van der Waals surface area (Å²) in [4.78, 5) is 4.68. The van der Waals surface area contributed by atoms with E-state index in [9.17, 15) is 0 Å². The Hall–Kier alpha value is -1.57. The van der Waals surface area contributed by atoms with Crippen LogP contribution < -0.4 is 0 Å². The van der Waals surface area contributed by atoms with E-state index >= 15 is 0 Å². The third-order valence-corrected chi connectivity index (χ3v) is 6.11. The molecule has 3 rings (SSSR count). The maximum atomic E-state index is 6.56. The molecule has 0 aromatic heterocycles. The van der Waals surface area contributed by atoms with Gasteiger partial charge in [0.2, 0.25) is 0 Å². The molecule has 1 aliphatic heterocycles. The molecule has 1 aliphatic carbocycles. The highest BCUT2D eigenvalue weighted by atomic mass is 16.5. The van der Waals surface area contributed by atoms with Crippen molar-refractivity contribution in [1.82, 2.24) is 0 Å². The Bertz CT molecular complexity index is 604. The fraction of sp³-hybridized carbons (Fsp3) is 0.609. The largest absolute Gasteiger partial charge is 0.477 e. The van der Waals surface area contributed by atoms with Gasteiger partial charge in [-0.2, -0.15) is 0 Å². The van der Waals surface area contributed by atoms with Gasteiger partial charge in [-0.25, -0.2) is 4.99 Å². The lowest BCUT2D eigenvalue weighted by Crippen LogP contribution is -2.36. The minimum absolute atomic E-state index is 0.320. The zero-order chi connectivity index (χ0) is 17.8. The van der Waals surface area contributed by atoms with Crippen molar-refractivity contribution in [2.24, 2.45) is 28.7 Å². The Morgan fingerprint density at radius 2 is 1.84 bits per heavy atom. The van der Waals surface area contributed by atoms with Gasteiger partial charge in [0.25, 0.3) is 0 Å². The molecule has 1 saturated carbocycles. The van der Waals surface area contributed by atoms with E-state index in [0.29, 0.717) is 29.8 Å². The number of hydrogen-bond donors (Lipinski definition) is 0. The van der Waals surface area contributed by atoms with E-state index in [2.05, 4.69) is 69.1 Å². The number of allylic oxidation sites excluding steroid dienone is 1. The first-order valence-corrected chi connectivity index (χ1v) is 9.99. The summed E-state index contributed by atoms with van der Waals surface area (Å²) in [5.74, 6) is 3.92. The van der Waals surface area contributed by atoms with Gasteiger partial charge in [-0.3, -0.25) is 0 Å². The standard InChI is InChI=1S/C23H33NO/c1-16(2)20-11-10-17(3)14-22(20)25-23-15-21(18(4)12-13-24-23)19-8-6-5-7-9-19/h5-9,12-13,16-18,20-22H,10-11,14-15H2,1-4H3/t17-,18-,20+,21-,22-/m1/s1. The quantitative estimate of drug-likeness (QED) is 0.642. The lowest BCUT2D eigenvalue weighted by Gasteiger charge is -2.37. The Labute approximate surface area is 153 Å². The van der Waals surface area contributed by atoms with E-state index in [0.717, 1.165) is 24.7 Å². The van der Waals surface area contributed by atoms with E-state index in [4.69, 9.17) is 4.74 Å². The van der Waals surface area contributed by atoms with Crippen molar-refractivity contribution in [3.8, 4) is 0 Å². The summed E-state index contributed by atoms with van der Waals surface area (Å²) in [6, 6.07) is 10.8. The van der Waals surface area contributed by atoms with E-state index in [1.807, 2.05) is 6.20 Å². The van der Waals surface area contributed by atoms with Gasteiger partial charge in [-0.15, -0.1) is 0 Å². The van der Waals surface area contributed by atoms with Crippen LogP contribution in [0.1, 0.15) is 64.9 Å². The molecule has 0 saturated heterocycles. The number of aliphatic imine (C=N–C) groups is 1. The van der Waals surface area contributed by atoms with E-state index in [-0.39, 0.29) is 0 Å². The molecule has 2 heteroatoms. The third kappa shape index (κ3) is 4.54. The van der Waals surface area contributed by atoms with Crippen LogP contribution in [0.15, 0.2) is 47.6 Å². The molecule has 0 bridgehead atoms. The molecular formula is C23H33NO. The predicted octanol–water partition coefficient (Wildman–Crippen LogP) is 6.20. The summed E-state index contributed by atoms with van der Waals surface area (Å²) >= 11 is 0. The maximum Gasteiger partial charge on any atom is 0.188 e. The van der Waals surface area contributed by atoms with Gasteiger partial charge in [0.05, 0.1) is 0 Å². The fourth-order valence-electron chi connectivity index (χ4n) is 4.45. The van der Waals surface area contributed by atoms with Crippen LogP contribution in [-0.4, -0.2) is 12.0 Å². The lowest BCUT2D eigenvalue weighted by atomic mass is 9.75. The van der Waals surface area contributed by atoms with E-state index in [1.54, 1.807) is 0 Å². The second-order valence-electron chi connectivity index (χ2n) is 8.43. The van der Waals surface area contributed by atoms with Gasteiger partial charge in [0, 0.05) is 12.6 Å². The monoisotopic (exact) mass is 339 g/mol. The number of rotatable bonds is 3. The molecule has 2 aliphatic rings. The SMILES string of the molecule is CC(C)[C@@H]1CC[C@@H](C)C[C@H]1OC1=NC=C[C@@H](C)[C@H](c2ccccc2)C1. The summed E-state index contributed by atoms with van der Waals surface area (Å²) in [6.45, 7) is 9.31.